The minimum atomic E-state index is -0.121. The van der Waals surface area contributed by atoms with Gasteiger partial charge in [-0.05, 0) is 55.7 Å². The molecule has 24 heavy (non-hydrogen) atoms. The molecule has 1 atom stereocenters. The minimum absolute atomic E-state index is 0.121. The molecule has 0 aliphatic carbocycles. The highest BCUT2D eigenvalue weighted by Gasteiger charge is 2.16. The summed E-state index contributed by atoms with van der Waals surface area (Å²) in [6.45, 7) is 3.37. The van der Waals surface area contributed by atoms with Crippen LogP contribution in [0.5, 0.6) is 0 Å². The number of rotatable bonds is 5. The molecule has 2 aromatic rings. The summed E-state index contributed by atoms with van der Waals surface area (Å²) in [6.07, 6.45) is 3.80. The molecule has 0 radical (unpaired) electrons. The maximum absolute atomic E-state index is 12.1. The van der Waals surface area contributed by atoms with Gasteiger partial charge < -0.3 is 15.4 Å². The van der Waals surface area contributed by atoms with Gasteiger partial charge in [0.1, 0.15) is 5.82 Å². The lowest BCUT2D eigenvalue weighted by Crippen LogP contribution is -2.31. The molecule has 1 unspecified atom stereocenters. The van der Waals surface area contributed by atoms with Gasteiger partial charge in [-0.25, -0.2) is 4.98 Å². The van der Waals surface area contributed by atoms with Gasteiger partial charge in [-0.3, -0.25) is 4.79 Å². The molecule has 1 amide bonds. The summed E-state index contributed by atoms with van der Waals surface area (Å²) >= 11 is 3.45. The number of carbonyl (C=O) groups is 1. The van der Waals surface area contributed by atoms with Crippen LogP contribution in [-0.4, -0.2) is 30.1 Å². The fraction of sp³-hybridized carbons (Fsp3) is 0.333. The zero-order valence-electron chi connectivity index (χ0n) is 13.5. The van der Waals surface area contributed by atoms with Crippen LogP contribution in [0.15, 0.2) is 41.0 Å². The normalized spacial score (nSPS) is 16.8. The third kappa shape index (κ3) is 4.33. The van der Waals surface area contributed by atoms with E-state index < -0.39 is 0 Å². The summed E-state index contributed by atoms with van der Waals surface area (Å²) in [5.41, 5.74) is 2.65. The van der Waals surface area contributed by atoms with Gasteiger partial charge in [0, 0.05) is 29.5 Å². The molecule has 2 heterocycles. The fourth-order valence-corrected chi connectivity index (χ4v) is 3.10. The first-order valence-electron chi connectivity index (χ1n) is 8.01. The number of nitrogens with one attached hydrogen (secondary N) is 2. The van der Waals surface area contributed by atoms with E-state index in [1.54, 1.807) is 12.3 Å². The molecule has 1 aromatic carbocycles. The standard InChI is InChI=1S/C18H20BrN3O2/c1-12-9-14(19)5-6-16(12)22-17-7-4-13(10-20-17)18(23)21-11-15-3-2-8-24-15/h4-7,9-10,15H,2-3,8,11H2,1H3,(H,20,22)(H,21,23). The number of hydrogen-bond donors (Lipinski definition) is 2. The summed E-state index contributed by atoms with van der Waals surface area (Å²) in [4.78, 5) is 16.5. The van der Waals surface area contributed by atoms with Crippen LogP contribution in [0, 0.1) is 6.92 Å². The number of pyridine rings is 1. The number of hydrogen-bond acceptors (Lipinski definition) is 4. The summed E-state index contributed by atoms with van der Waals surface area (Å²) in [5, 5.41) is 6.15. The van der Waals surface area contributed by atoms with Crippen LogP contribution < -0.4 is 10.6 Å². The third-order valence-electron chi connectivity index (χ3n) is 3.99. The highest BCUT2D eigenvalue weighted by molar-refractivity contribution is 9.10. The van der Waals surface area contributed by atoms with E-state index in [4.69, 9.17) is 4.74 Å². The van der Waals surface area contributed by atoms with E-state index >= 15 is 0 Å². The van der Waals surface area contributed by atoms with Crippen molar-refractivity contribution in [2.75, 3.05) is 18.5 Å². The van der Waals surface area contributed by atoms with E-state index in [0.29, 0.717) is 17.9 Å². The van der Waals surface area contributed by atoms with Gasteiger partial charge in [-0.15, -0.1) is 0 Å². The van der Waals surface area contributed by atoms with Crippen molar-refractivity contribution in [3.63, 3.8) is 0 Å². The Kier molecular flexibility index (Phi) is 5.48. The Labute approximate surface area is 149 Å². The number of carbonyl (C=O) groups excluding carboxylic acids is 1. The van der Waals surface area contributed by atoms with Crippen LogP contribution in [-0.2, 0) is 4.74 Å². The minimum Gasteiger partial charge on any atom is -0.376 e. The number of amides is 1. The van der Waals surface area contributed by atoms with Crippen molar-refractivity contribution in [3.8, 4) is 0 Å². The van der Waals surface area contributed by atoms with E-state index in [2.05, 4.69) is 31.5 Å². The van der Waals surface area contributed by atoms with Crippen molar-refractivity contribution < 1.29 is 9.53 Å². The van der Waals surface area contributed by atoms with Crippen LogP contribution in [0.4, 0.5) is 11.5 Å². The zero-order chi connectivity index (χ0) is 16.9. The summed E-state index contributed by atoms with van der Waals surface area (Å²) < 4.78 is 6.54. The van der Waals surface area contributed by atoms with Crippen molar-refractivity contribution in [1.82, 2.24) is 10.3 Å². The monoisotopic (exact) mass is 389 g/mol. The summed E-state index contributed by atoms with van der Waals surface area (Å²) in [6, 6.07) is 9.58. The maximum atomic E-state index is 12.1. The van der Waals surface area contributed by atoms with Gasteiger partial charge in [-0.1, -0.05) is 15.9 Å². The predicted molar refractivity (Wildman–Crippen MR) is 97.7 cm³/mol. The molecule has 1 aromatic heterocycles. The first kappa shape index (κ1) is 16.9. The van der Waals surface area contributed by atoms with Gasteiger partial charge in [-0.2, -0.15) is 0 Å². The Morgan fingerprint density at radius 2 is 2.25 bits per heavy atom. The topological polar surface area (TPSA) is 63.2 Å². The lowest BCUT2D eigenvalue weighted by atomic mass is 10.2. The number of benzene rings is 1. The lowest BCUT2D eigenvalue weighted by Gasteiger charge is -2.11. The van der Waals surface area contributed by atoms with E-state index in [9.17, 15) is 4.79 Å². The molecule has 6 heteroatoms. The van der Waals surface area contributed by atoms with Crippen LogP contribution in [0.2, 0.25) is 0 Å². The SMILES string of the molecule is Cc1cc(Br)ccc1Nc1ccc(C(=O)NCC2CCCO2)cn1. The molecule has 1 aliphatic rings. The fourth-order valence-electron chi connectivity index (χ4n) is 2.62. The molecule has 0 saturated carbocycles. The van der Waals surface area contributed by atoms with Gasteiger partial charge >= 0.3 is 0 Å². The molecule has 1 aliphatic heterocycles. The number of halogens is 1. The van der Waals surface area contributed by atoms with Crippen molar-refractivity contribution >= 4 is 33.3 Å². The maximum Gasteiger partial charge on any atom is 0.252 e. The van der Waals surface area contributed by atoms with Gasteiger partial charge in [0.15, 0.2) is 0 Å². The van der Waals surface area contributed by atoms with E-state index in [0.717, 1.165) is 35.2 Å². The Morgan fingerprint density at radius 1 is 1.38 bits per heavy atom. The van der Waals surface area contributed by atoms with Crippen LogP contribution in [0.3, 0.4) is 0 Å². The van der Waals surface area contributed by atoms with Crippen molar-refractivity contribution in [2.24, 2.45) is 0 Å². The van der Waals surface area contributed by atoms with Crippen LogP contribution in [0.25, 0.3) is 0 Å². The van der Waals surface area contributed by atoms with E-state index in [-0.39, 0.29) is 12.0 Å². The molecule has 5 nitrogen and oxygen atoms in total. The molecule has 126 valence electrons. The average molecular weight is 390 g/mol. The number of aryl methyl sites for hydroxylation is 1. The molecular weight excluding hydrogens is 370 g/mol. The highest BCUT2D eigenvalue weighted by atomic mass is 79.9. The third-order valence-corrected chi connectivity index (χ3v) is 4.48. The second kappa shape index (κ2) is 7.77. The number of ether oxygens (including phenoxy) is 1. The Balaban J connectivity index is 1.59. The Morgan fingerprint density at radius 3 is 2.92 bits per heavy atom. The highest BCUT2D eigenvalue weighted by Crippen LogP contribution is 2.23. The largest absolute Gasteiger partial charge is 0.376 e. The molecule has 2 N–H and O–H groups in total. The van der Waals surface area contributed by atoms with Crippen LogP contribution in [0.1, 0.15) is 28.8 Å². The second-order valence-electron chi connectivity index (χ2n) is 5.86. The van der Waals surface area contributed by atoms with E-state index in [1.807, 2.05) is 31.2 Å². The smallest absolute Gasteiger partial charge is 0.252 e. The molecule has 3 rings (SSSR count). The molecule has 0 spiro atoms. The first-order chi connectivity index (χ1) is 11.6. The van der Waals surface area contributed by atoms with Crippen molar-refractivity contribution in [1.29, 1.82) is 0 Å². The molecular formula is C18H20BrN3O2. The van der Waals surface area contributed by atoms with Crippen molar-refractivity contribution in [3.05, 3.63) is 52.1 Å². The predicted octanol–water partition coefficient (Wildman–Crippen LogP) is 3.80. The number of anilines is 2. The lowest BCUT2D eigenvalue weighted by molar-refractivity contribution is 0.0857. The quantitative estimate of drug-likeness (QED) is 0.815. The summed E-state index contributed by atoms with van der Waals surface area (Å²) in [5.74, 6) is 0.584. The van der Waals surface area contributed by atoms with Gasteiger partial charge in [0.25, 0.3) is 5.91 Å². The second-order valence-corrected chi connectivity index (χ2v) is 6.78. The first-order valence-corrected chi connectivity index (χ1v) is 8.80. The molecule has 1 fully saturated rings. The van der Waals surface area contributed by atoms with Crippen LogP contribution >= 0.6 is 15.9 Å². The van der Waals surface area contributed by atoms with Gasteiger partial charge in [0.2, 0.25) is 0 Å². The molecule has 1 saturated heterocycles. The zero-order valence-corrected chi connectivity index (χ0v) is 15.1. The Hall–Kier alpha value is -1.92. The average Bonchev–Trinajstić information content (AvgIpc) is 3.09. The van der Waals surface area contributed by atoms with Crippen molar-refractivity contribution in [2.45, 2.75) is 25.9 Å². The summed E-state index contributed by atoms with van der Waals surface area (Å²) in [7, 11) is 0. The van der Waals surface area contributed by atoms with E-state index in [1.165, 1.54) is 0 Å². The molecule has 0 bridgehead atoms. The Bertz CT molecular complexity index is 713. The number of aromatic nitrogens is 1. The van der Waals surface area contributed by atoms with Gasteiger partial charge in [0.05, 0.1) is 11.7 Å². The number of nitrogens with zero attached hydrogens (tertiary/aromatic N) is 1.